The molecule has 0 atom stereocenters. The van der Waals surface area contributed by atoms with Crippen LogP contribution in [0, 0.1) is 11.8 Å². The van der Waals surface area contributed by atoms with Crippen LogP contribution >= 0.6 is 0 Å². The molecule has 0 saturated heterocycles. The van der Waals surface area contributed by atoms with Crippen molar-refractivity contribution in [3.63, 3.8) is 0 Å². The predicted octanol–water partition coefficient (Wildman–Crippen LogP) is 3.13. The van der Waals surface area contributed by atoms with Crippen molar-refractivity contribution < 1.29 is 9.84 Å². The van der Waals surface area contributed by atoms with Gasteiger partial charge in [-0.2, -0.15) is 0 Å². The van der Waals surface area contributed by atoms with E-state index in [1.807, 2.05) is 24.3 Å². The number of hydrogen-bond acceptors (Lipinski definition) is 2. The molecule has 18 heavy (non-hydrogen) atoms. The maximum Gasteiger partial charge on any atom is 0.120 e. The fourth-order valence-electron chi connectivity index (χ4n) is 2.34. The maximum atomic E-state index is 8.68. The summed E-state index contributed by atoms with van der Waals surface area (Å²) in [6.45, 7) is -0.103. The van der Waals surface area contributed by atoms with Crippen LogP contribution in [0.4, 0.5) is 0 Å². The molecule has 0 bridgehead atoms. The van der Waals surface area contributed by atoms with Crippen LogP contribution in [-0.2, 0) is 0 Å². The van der Waals surface area contributed by atoms with E-state index in [2.05, 4.69) is 11.8 Å². The Labute approximate surface area is 109 Å². The zero-order valence-corrected chi connectivity index (χ0v) is 10.7. The molecule has 0 amide bonds. The van der Waals surface area contributed by atoms with E-state index in [4.69, 9.17) is 9.84 Å². The molecule has 0 aromatic heterocycles. The van der Waals surface area contributed by atoms with Gasteiger partial charge >= 0.3 is 0 Å². The second-order valence-electron chi connectivity index (χ2n) is 4.72. The number of aliphatic hydroxyl groups excluding tert-OH is 1. The van der Waals surface area contributed by atoms with Crippen molar-refractivity contribution in [2.24, 2.45) is 0 Å². The first-order valence-corrected chi connectivity index (χ1v) is 6.75. The predicted molar refractivity (Wildman–Crippen MR) is 72.5 cm³/mol. The molecule has 1 aliphatic carbocycles. The number of aliphatic hydroxyl groups is 1. The van der Waals surface area contributed by atoms with Crippen molar-refractivity contribution >= 4 is 0 Å². The summed E-state index contributed by atoms with van der Waals surface area (Å²) in [5, 5.41) is 8.68. The minimum atomic E-state index is -0.103. The van der Waals surface area contributed by atoms with Gasteiger partial charge in [0.1, 0.15) is 12.4 Å². The highest BCUT2D eigenvalue weighted by molar-refractivity contribution is 5.39. The van der Waals surface area contributed by atoms with Crippen LogP contribution < -0.4 is 4.74 Å². The first-order valence-electron chi connectivity index (χ1n) is 6.75. The Hall–Kier alpha value is -1.46. The van der Waals surface area contributed by atoms with Crippen molar-refractivity contribution in [1.82, 2.24) is 0 Å². The van der Waals surface area contributed by atoms with Crippen molar-refractivity contribution in [2.45, 2.75) is 44.6 Å². The summed E-state index contributed by atoms with van der Waals surface area (Å²) >= 11 is 0. The molecule has 1 aliphatic rings. The Kier molecular flexibility index (Phi) is 5.11. The SMILES string of the molecule is OCC#Cc1cccc(OC2CCCCCC2)c1. The Morgan fingerprint density at radius 2 is 1.94 bits per heavy atom. The van der Waals surface area contributed by atoms with Crippen molar-refractivity contribution in [2.75, 3.05) is 6.61 Å². The van der Waals surface area contributed by atoms with Crippen molar-refractivity contribution in [3.05, 3.63) is 29.8 Å². The van der Waals surface area contributed by atoms with Gasteiger partial charge in [0.25, 0.3) is 0 Å². The van der Waals surface area contributed by atoms with Gasteiger partial charge in [-0.25, -0.2) is 0 Å². The Balaban J connectivity index is 1.99. The normalized spacial score (nSPS) is 16.5. The lowest BCUT2D eigenvalue weighted by atomic mass is 10.1. The standard InChI is InChI=1S/C16H20O2/c17-12-6-8-14-7-5-11-16(13-14)18-15-9-3-1-2-4-10-15/h5,7,11,13,15,17H,1-4,9-10,12H2. The molecular weight excluding hydrogens is 224 g/mol. The Morgan fingerprint density at radius 1 is 1.17 bits per heavy atom. The largest absolute Gasteiger partial charge is 0.490 e. The van der Waals surface area contributed by atoms with E-state index in [1.54, 1.807) is 0 Å². The van der Waals surface area contributed by atoms with Crippen LogP contribution in [0.25, 0.3) is 0 Å². The lowest BCUT2D eigenvalue weighted by Gasteiger charge is -2.17. The molecule has 2 heteroatoms. The summed E-state index contributed by atoms with van der Waals surface area (Å²) < 4.78 is 6.03. The average Bonchev–Trinajstić information content (AvgIpc) is 2.65. The number of rotatable bonds is 2. The molecule has 1 fully saturated rings. The van der Waals surface area contributed by atoms with Gasteiger partial charge in [0.2, 0.25) is 0 Å². The molecule has 1 N–H and O–H groups in total. The van der Waals surface area contributed by atoms with Crippen LogP contribution in [0.3, 0.4) is 0 Å². The lowest BCUT2D eigenvalue weighted by molar-refractivity contribution is 0.183. The number of benzene rings is 1. The molecule has 0 aliphatic heterocycles. The molecule has 2 nitrogen and oxygen atoms in total. The van der Waals surface area contributed by atoms with Gasteiger partial charge in [-0.05, 0) is 43.9 Å². The van der Waals surface area contributed by atoms with E-state index in [-0.39, 0.29) is 6.61 Å². The highest BCUT2D eigenvalue weighted by Crippen LogP contribution is 2.23. The van der Waals surface area contributed by atoms with Crippen LogP contribution in [0.1, 0.15) is 44.1 Å². The minimum Gasteiger partial charge on any atom is -0.490 e. The van der Waals surface area contributed by atoms with Gasteiger partial charge in [0.15, 0.2) is 0 Å². The smallest absolute Gasteiger partial charge is 0.120 e. The van der Waals surface area contributed by atoms with E-state index >= 15 is 0 Å². The summed E-state index contributed by atoms with van der Waals surface area (Å²) in [5.41, 5.74) is 0.898. The van der Waals surface area contributed by atoms with Gasteiger partial charge in [0.05, 0.1) is 6.10 Å². The Morgan fingerprint density at radius 3 is 2.67 bits per heavy atom. The van der Waals surface area contributed by atoms with Crippen LogP contribution in [0.5, 0.6) is 5.75 Å². The van der Waals surface area contributed by atoms with E-state index in [9.17, 15) is 0 Å². The highest BCUT2D eigenvalue weighted by atomic mass is 16.5. The average molecular weight is 244 g/mol. The number of ether oxygens (including phenoxy) is 1. The van der Waals surface area contributed by atoms with Crippen LogP contribution in [0.15, 0.2) is 24.3 Å². The van der Waals surface area contributed by atoms with Gasteiger partial charge in [-0.3, -0.25) is 0 Å². The second kappa shape index (κ2) is 7.08. The molecule has 1 aromatic carbocycles. The van der Waals surface area contributed by atoms with E-state index in [0.717, 1.165) is 24.2 Å². The zero-order chi connectivity index (χ0) is 12.6. The molecule has 0 radical (unpaired) electrons. The van der Waals surface area contributed by atoms with E-state index < -0.39 is 0 Å². The van der Waals surface area contributed by atoms with E-state index in [1.165, 1.54) is 25.7 Å². The minimum absolute atomic E-state index is 0.103. The third-order valence-electron chi connectivity index (χ3n) is 3.25. The first kappa shape index (κ1) is 13.0. The highest BCUT2D eigenvalue weighted by Gasteiger charge is 2.13. The van der Waals surface area contributed by atoms with Gasteiger partial charge in [0, 0.05) is 5.56 Å². The molecule has 0 spiro atoms. The summed E-state index contributed by atoms with van der Waals surface area (Å²) in [7, 11) is 0. The fraction of sp³-hybridized carbons (Fsp3) is 0.500. The topological polar surface area (TPSA) is 29.5 Å². The van der Waals surface area contributed by atoms with Gasteiger partial charge in [-0.15, -0.1) is 0 Å². The second-order valence-corrected chi connectivity index (χ2v) is 4.72. The van der Waals surface area contributed by atoms with Crippen molar-refractivity contribution in [3.8, 4) is 17.6 Å². The quantitative estimate of drug-likeness (QED) is 0.639. The summed E-state index contributed by atoms with van der Waals surface area (Å²) in [5.74, 6) is 6.45. The molecule has 96 valence electrons. The summed E-state index contributed by atoms with van der Waals surface area (Å²) in [6.07, 6.45) is 7.89. The van der Waals surface area contributed by atoms with Gasteiger partial charge in [-0.1, -0.05) is 30.7 Å². The lowest BCUT2D eigenvalue weighted by Crippen LogP contribution is -2.15. The van der Waals surface area contributed by atoms with Gasteiger partial charge < -0.3 is 9.84 Å². The fourth-order valence-corrected chi connectivity index (χ4v) is 2.34. The monoisotopic (exact) mass is 244 g/mol. The molecule has 0 heterocycles. The molecule has 1 saturated carbocycles. The first-order chi connectivity index (χ1) is 8.88. The van der Waals surface area contributed by atoms with Crippen molar-refractivity contribution in [1.29, 1.82) is 0 Å². The zero-order valence-electron chi connectivity index (χ0n) is 10.7. The molecular formula is C16H20O2. The molecule has 2 rings (SSSR count). The summed E-state index contributed by atoms with van der Waals surface area (Å²) in [4.78, 5) is 0. The molecule has 0 unspecified atom stereocenters. The third-order valence-corrected chi connectivity index (χ3v) is 3.25. The molecule has 1 aromatic rings. The van der Waals surface area contributed by atoms with Crippen LogP contribution in [-0.4, -0.2) is 17.8 Å². The maximum absolute atomic E-state index is 8.68. The Bertz CT molecular complexity index is 420. The number of hydrogen-bond donors (Lipinski definition) is 1. The summed E-state index contributed by atoms with van der Waals surface area (Å²) in [6, 6.07) is 7.82. The van der Waals surface area contributed by atoms with E-state index in [0.29, 0.717) is 6.10 Å². The van der Waals surface area contributed by atoms with Crippen LogP contribution in [0.2, 0.25) is 0 Å². The third kappa shape index (κ3) is 4.09.